The summed E-state index contributed by atoms with van der Waals surface area (Å²) in [5.74, 6) is -0.188. The Balaban J connectivity index is 2.89. The van der Waals surface area contributed by atoms with Gasteiger partial charge in [0.1, 0.15) is 5.75 Å². The van der Waals surface area contributed by atoms with Crippen LogP contribution in [-0.4, -0.2) is 22.3 Å². The first kappa shape index (κ1) is 11.1. The Kier molecular flexibility index (Phi) is 3.55. The van der Waals surface area contributed by atoms with E-state index in [0.717, 1.165) is 5.56 Å². The van der Waals surface area contributed by atoms with Crippen molar-refractivity contribution in [3.05, 3.63) is 29.8 Å². The van der Waals surface area contributed by atoms with Gasteiger partial charge in [0.25, 0.3) is 0 Å². The Bertz CT molecular complexity index is 301. The quantitative estimate of drug-likeness (QED) is 0.636. The van der Waals surface area contributed by atoms with Gasteiger partial charge in [-0.25, -0.2) is 0 Å². The molecule has 1 aromatic carbocycles. The fraction of sp³-hybridized carbons (Fsp3) is 0.400. The lowest BCUT2D eigenvalue weighted by atomic mass is 9.65. The largest absolute Gasteiger partial charge is 0.508 e. The van der Waals surface area contributed by atoms with Gasteiger partial charge in [0.05, 0.1) is 0 Å². The molecule has 2 atom stereocenters. The molecule has 3 nitrogen and oxygen atoms in total. The molecular weight excluding hydrogens is 179 g/mol. The molecule has 3 N–H and O–H groups in total. The van der Waals surface area contributed by atoms with Gasteiger partial charge in [-0.3, -0.25) is 0 Å². The summed E-state index contributed by atoms with van der Waals surface area (Å²) in [6.07, 6.45) is 0. The summed E-state index contributed by atoms with van der Waals surface area (Å²) in [4.78, 5) is 0. The van der Waals surface area contributed by atoms with Crippen LogP contribution in [0.15, 0.2) is 24.3 Å². The van der Waals surface area contributed by atoms with E-state index in [0.29, 0.717) is 0 Å². The van der Waals surface area contributed by atoms with E-state index in [1.54, 1.807) is 25.1 Å². The molecule has 0 saturated carbocycles. The lowest BCUT2D eigenvalue weighted by Gasteiger charge is -2.20. The second kappa shape index (κ2) is 4.48. The molecule has 0 aliphatic carbocycles. The first-order valence-corrected chi connectivity index (χ1v) is 4.68. The molecule has 76 valence electrons. The number of para-hydroxylation sites is 1. The number of phenols is 1. The van der Waals surface area contributed by atoms with Gasteiger partial charge in [0, 0.05) is 0 Å². The minimum Gasteiger partial charge on any atom is -0.508 e. The van der Waals surface area contributed by atoms with Gasteiger partial charge in [-0.15, -0.1) is 0 Å². The third-order valence-electron chi connectivity index (χ3n) is 2.69. The van der Waals surface area contributed by atoms with Crippen LogP contribution in [0.2, 0.25) is 5.82 Å². The smallest absolute Gasteiger partial charge is 0.455 e. The fourth-order valence-corrected chi connectivity index (χ4v) is 1.41. The number of hydrogen-bond donors (Lipinski definition) is 3. The number of phenolic OH excluding ortho intramolecular Hbond substituents is 1. The normalized spacial score (nSPS) is 14.9. The maximum atomic E-state index is 9.55. The van der Waals surface area contributed by atoms with Crippen molar-refractivity contribution in [2.24, 2.45) is 0 Å². The molecular formula is C10H15BO3. The van der Waals surface area contributed by atoms with Crippen LogP contribution in [0, 0.1) is 0 Å². The van der Waals surface area contributed by atoms with E-state index in [4.69, 9.17) is 10.0 Å². The fourth-order valence-electron chi connectivity index (χ4n) is 1.41. The predicted octanol–water partition coefficient (Wildman–Crippen LogP) is 1.36. The van der Waals surface area contributed by atoms with Crippen molar-refractivity contribution in [2.75, 3.05) is 0 Å². The third-order valence-corrected chi connectivity index (χ3v) is 2.69. The van der Waals surface area contributed by atoms with Crippen LogP contribution >= 0.6 is 0 Å². The molecule has 0 bridgehead atoms. The molecule has 1 aromatic rings. The molecule has 0 aliphatic rings. The zero-order chi connectivity index (χ0) is 10.7. The van der Waals surface area contributed by atoms with Gasteiger partial charge in [0.15, 0.2) is 0 Å². The number of aromatic hydroxyl groups is 1. The van der Waals surface area contributed by atoms with Gasteiger partial charge in [0.2, 0.25) is 0 Å². The third kappa shape index (κ3) is 2.27. The Morgan fingerprint density at radius 2 is 1.71 bits per heavy atom. The highest BCUT2D eigenvalue weighted by molar-refractivity contribution is 6.43. The highest BCUT2D eigenvalue weighted by Gasteiger charge is 2.26. The molecule has 0 aromatic heterocycles. The van der Waals surface area contributed by atoms with Crippen molar-refractivity contribution in [1.29, 1.82) is 0 Å². The molecule has 0 fully saturated rings. The highest BCUT2D eigenvalue weighted by atomic mass is 16.4. The van der Waals surface area contributed by atoms with E-state index >= 15 is 0 Å². The average Bonchev–Trinajstić information content (AvgIpc) is 2.16. The van der Waals surface area contributed by atoms with E-state index in [2.05, 4.69) is 0 Å². The molecule has 0 amide bonds. The van der Waals surface area contributed by atoms with Crippen LogP contribution in [0.3, 0.4) is 0 Å². The standard InChI is InChI=1S/C10H15BO3/c1-7(8(2)11(13)14)9-5-3-4-6-10(9)12/h3-8,12-14H,1-2H3. The van der Waals surface area contributed by atoms with Crippen LogP contribution in [0.25, 0.3) is 0 Å². The first-order valence-electron chi connectivity index (χ1n) is 4.68. The van der Waals surface area contributed by atoms with Gasteiger partial charge in [-0.2, -0.15) is 0 Å². The van der Waals surface area contributed by atoms with Crippen molar-refractivity contribution in [2.45, 2.75) is 25.6 Å². The van der Waals surface area contributed by atoms with Crippen LogP contribution in [0.5, 0.6) is 5.75 Å². The zero-order valence-corrected chi connectivity index (χ0v) is 8.38. The van der Waals surface area contributed by atoms with E-state index in [9.17, 15) is 5.11 Å². The molecule has 1 rings (SSSR count). The van der Waals surface area contributed by atoms with Gasteiger partial charge in [-0.1, -0.05) is 32.0 Å². The first-order chi connectivity index (χ1) is 6.54. The van der Waals surface area contributed by atoms with Crippen LogP contribution in [0.4, 0.5) is 0 Å². The molecule has 14 heavy (non-hydrogen) atoms. The number of benzene rings is 1. The van der Waals surface area contributed by atoms with E-state index in [-0.39, 0.29) is 17.5 Å². The van der Waals surface area contributed by atoms with Crippen molar-refractivity contribution < 1.29 is 15.2 Å². The Labute approximate surface area is 84.2 Å². The highest BCUT2D eigenvalue weighted by Crippen LogP contribution is 2.34. The lowest BCUT2D eigenvalue weighted by molar-refractivity contribution is 0.376. The van der Waals surface area contributed by atoms with Crippen molar-refractivity contribution in [1.82, 2.24) is 0 Å². The van der Waals surface area contributed by atoms with E-state index < -0.39 is 7.12 Å². The maximum absolute atomic E-state index is 9.55. The Morgan fingerprint density at radius 1 is 1.14 bits per heavy atom. The lowest BCUT2D eigenvalue weighted by Crippen LogP contribution is -2.22. The minimum atomic E-state index is -1.36. The van der Waals surface area contributed by atoms with Crippen LogP contribution in [0.1, 0.15) is 25.3 Å². The Morgan fingerprint density at radius 3 is 2.21 bits per heavy atom. The molecule has 0 heterocycles. The zero-order valence-electron chi connectivity index (χ0n) is 8.38. The van der Waals surface area contributed by atoms with E-state index in [1.807, 2.05) is 13.0 Å². The summed E-state index contributed by atoms with van der Waals surface area (Å²) in [6.45, 7) is 3.60. The minimum absolute atomic E-state index is 0.0869. The second-order valence-electron chi connectivity index (χ2n) is 3.62. The van der Waals surface area contributed by atoms with Gasteiger partial charge >= 0.3 is 7.12 Å². The topological polar surface area (TPSA) is 60.7 Å². The summed E-state index contributed by atoms with van der Waals surface area (Å²) >= 11 is 0. The predicted molar refractivity (Wildman–Crippen MR) is 56.1 cm³/mol. The number of hydrogen-bond acceptors (Lipinski definition) is 3. The van der Waals surface area contributed by atoms with Crippen molar-refractivity contribution >= 4 is 7.12 Å². The summed E-state index contributed by atoms with van der Waals surface area (Å²) in [5.41, 5.74) is 0.744. The second-order valence-corrected chi connectivity index (χ2v) is 3.62. The summed E-state index contributed by atoms with van der Waals surface area (Å²) in [5, 5.41) is 27.6. The van der Waals surface area contributed by atoms with Crippen LogP contribution in [-0.2, 0) is 0 Å². The molecule has 2 unspecified atom stereocenters. The van der Waals surface area contributed by atoms with Crippen molar-refractivity contribution in [3.63, 3.8) is 0 Å². The molecule has 0 spiro atoms. The monoisotopic (exact) mass is 194 g/mol. The van der Waals surface area contributed by atoms with Crippen LogP contribution < -0.4 is 0 Å². The van der Waals surface area contributed by atoms with Gasteiger partial charge in [-0.05, 0) is 23.4 Å². The average molecular weight is 194 g/mol. The molecule has 0 aliphatic heterocycles. The molecule has 0 saturated heterocycles. The summed E-state index contributed by atoms with van der Waals surface area (Å²) in [7, 11) is -1.36. The molecule has 0 radical (unpaired) electrons. The summed E-state index contributed by atoms with van der Waals surface area (Å²) in [6, 6.07) is 6.95. The molecule has 4 heteroatoms. The SMILES string of the molecule is CC(B(O)O)C(C)c1ccccc1O. The summed E-state index contributed by atoms with van der Waals surface area (Å²) < 4.78 is 0. The number of rotatable bonds is 3. The Hall–Kier alpha value is -0.995. The maximum Gasteiger partial charge on any atom is 0.455 e. The van der Waals surface area contributed by atoms with Crippen molar-refractivity contribution in [3.8, 4) is 5.75 Å². The van der Waals surface area contributed by atoms with Gasteiger partial charge < -0.3 is 15.2 Å². The van der Waals surface area contributed by atoms with E-state index in [1.165, 1.54) is 0 Å².